The molecule has 2 heterocycles. The fourth-order valence-corrected chi connectivity index (χ4v) is 1.98. The van der Waals surface area contributed by atoms with E-state index in [0.29, 0.717) is 6.54 Å². The van der Waals surface area contributed by atoms with Gasteiger partial charge in [0.15, 0.2) is 0 Å². The molecule has 2 N–H and O–H groups in total. The molecule has 0 radical (unpaired) electrons. The lowest BCUT2D eigenvalue weighted by Crippen LogP contribution is -2.07. The van der Waals surface area contributed by atoms with E-state index in [1.54, 1.807) is 10.9 Å². The van der Waals surface area contributed by atoms with E-state index in [9.17, 15) is 0 Å². The van der Waals surface area contributed by atoms with Crippen LogP contribution in [0.4, 0.5) is 0 Å². The molecule has 0 amide bonds. The molecule has 0 saturated heterocycles. The van der Waals surface area contributed by atoms with Crippen LogP contribution in [0.15, 0.2) is 36.5 Å². The van der Waals surface area contributed by atoms with Gasteiger partial charge in [-0.2, -0.15) is 5.10 Å². The number of pyridine rings is 1. The van der Waals surface area contributed by atoms with Gasteiger partial charge in [-0.1, -0.05) is 12.1 Å². The number of nitrogens with zero attached hydrogens (tertiary/aromatic N) is 4. The van der Waals surface area contributed by atoms with Gasteiger partial charge in [-0.15, -0.1) is 0 Å². The zero-order valence-corrected chi connectivity index (χ0v) is 10.0. The average molecular weight is 239 g/mol. The van der Waals surface area contributed by atoms with Crippen molar-refractivity contribution in [2.45, 2.75) is 13.5 Å². The number of aryl methyl sites for hydroxylation is 1. The Labute approximate surface area is 104 Å². The second kappa shape index (κ2) is 4.19. The number of hydrogen-bond donors (Lipinski definition) is 1. The first kappa shape index (κ1) is 10.9. The molecular formula is C13H13N5. The Kier molecular flexibility index (Phi) is 2.53. The summed E-state index contributed by atoms with van der Waals surface area (Å²) >= 11 is 0. The van der Waals surface area contributed by atoms with Crippen LogP contribution in [-0.4, -0.2) is 19.7 Å². The van der Waals surface area contributed by atoms with E-state index in [1.165, 1.54) is 0 Å². The first-order chi connectivity index (χ1) is 8.78. The van der Waals surface area contributed by atoms with Crippen molar-refractivity contribution in [2.24, 2.45) is 5.73 Å². The Morgan fingerprint density at radius 3 is 3.00 bits per heavy atom. The van der Waals surface area contributed by atoms with Crippen LogP contribution in [0.25, 0.3) is 16.6 Å². The molecule has 0 aliphatic heterocycles. The third-order valence-electron chi connectivity index (χ3n) is 2.80. The summed E-state index contributed by atoms with van der Waals surface area (Å²) in [6, 6.07) is 9.96. The highest BCUT2D eigenvalue weighted by molar-refractivity contribution is 5.80. The molecule has 3 rings (SSSR count). The molecule has 5 heteroatoms. The van der Waals surface area contributed by atoms with Gasteiger partial charge in [0.2, 0.25) is 0 Å². The Morgan fingerprint density at radius 1 is 1.28 bits per heavy atom. The summed E-state index contributed by atoms with van der Waals surface area (Å²) < 4.78 is 1.77. The van der Waals surface area contributed by atoms with Crippen molar-refractivity contribution in [3.63, 3.8) is 0 Å². The highest BCUT2D eigenvalue weighted by Gasteiger charge is 2.08. The predicted molar refractivity (Wildman–Crippen MR) is 69.3 cm³/mol. The lowest BCUT2D eigenvalue weighted by Gasteiger charge is -2.05. The quantitative estimate of drug-likeness (QED) is 0.737. The van der Waals surface area contributed by atoms with Gasteiger partial charge >= 0.3 is 0 Å². The molecule has 2 aromatic heterocycles. The number of hydrogen-bond acceptors (Lipinski definition) is 4. The zero-order chi connectivity index (χ0) is 12.5. The van der Waals surface area contributed by atoms with Crippen molar-refractivity contribution < 1.29 is 0 Å². The molecule has 0 aliphatic carbocycles. The fourth-order valence-electron chi connectivity index (χ4n) is 1.98. The lowest BCUT2D eigenvalue weighted by atomic mass is 10.2. The second-order valence-corrected chi connectivity index (χ2v) is 4.07. The van der Waals surface area contributed by atoms with Gasteiger partial charge in [-0.05, 0) is 25.1 Å². The number of rotatable bonds is 2. The molecule has 0 bridgehead atoms. The van der Waals surface area contributed by atoms with Crippen molar-refractivity contribution in [2.75, 3.05) is 0 Å². The lowest BCUT2D eigenvalue weighted by molar-refractivity contribution is 0.787. The van der Waals surface area contributed by atoms with Crippen LogP contribution in [0, 0.1) is 6.92 Å². The van der Waals surface area contributed by atoms with E-state index in [1.807, 2.05) is 37.3 Å². The number of fused-ring (bicyclic) bond motifs is 1. The van der Waals surface area contributed by atoms with E-state index in [2.05, 4.69) is 15.1 Å². The van der Waals surface area contributed by atoms with Crippen molar-refractivity contribution >= 4 is 10.9 Å². The third kappa shape index (κ3) is 1.74. The zero-order valence-electron chi connectivity index (χ0n) is 10.0. The van der Waals surface area contributed by atoms with E-state index in [0.717, 1.165) is 28.2 Å². The van der Waals surface area contributed by atoms with Crippen LogP contribution in [0.1, 0.15) is 11.6 Å². The molecule has 0 aliphatic rings. The summed E-state index contributed by atoms with van der Waals surface area (Å²) in [6.45, 7) is 2.22. The third-order valence-corrected chi connectivity index (χ3v) is 2.80. The Morgan fingerprint density at radius 2 is 2.17 bits per heavy atom. The molecule has 0 unspecified atom stereocenters. The van der Waals surface area contributed by atoms with Crippen LogP contribution in [-0.2, 0) is 6.54 Å². The van der Waals surface area contributed by atoms with Gasteiger partial charge in [0.1, 0.15) is 11.6 Å². The average Bonchev–Trinajstić information content (AvgIpc) is 2.79. The molecule has 0 saturated carbocycles. The summed E-state index contributed by atoms with van der Waals surface area (Å²) in [5, 5.41) is 5.46. The fraction of sp³-hybridized carbons (Fsp3) is 0.154. The molecule has 90 valence electrons. The molecular weight excluding hydrogens is 226 g/mol. The van der Waals surface area contributed by atoms with E-state index in [-0.39, 0.29) is 0 Å². The van der Waals surface area contributed by atoms with Crippen LogP contribution in [0.2, 0.25) is 0 Å². The first-order valence-corrected chi connectivity index (χ1v) is 5.76. The van der Waals surface area contributed by atoms with Gasteiger partial charge in [-0.25, -0.2) is 9.67 Å². The van der Waals surface area contributed by atoms with Crippen molar-refractivity contribution in [1.82, 2.24) is 19.7 Å². The van der Waals surface area contributed by atoms with Crippen LogP contribution in [0.3, 0.4) is 0 Å². The highest BCUT2D eigenvalue weighted by Crippen LogP contribution is 2.17. The monoisotopic (exact) mass is 239 g/mol. The smallest absolute Gasteiger partial charge is 0.148 e. The predicted octanol–water partition coefficient (Wildman–Crippen LogP) is 1.58. The Bertz CT molecular complexity index is 701. The maximum absolute atomic E-state index is 5.67. The molecule has 5 nitrogen and oxygen atoms in total. The molecule has 3 aromatic rings. The summed E-state index contributed by atoms with van der Waals surface area (Å²) in [5.74, 6) is 1.47. The summed E-state index contributed by atoms with van der Waals surface area (Å²) in [7, 11) is 0. The van der Waals surface area contributed by atoms with Crippen molar-refractivity contribution in [1.29, 1.82) is 0 Å². The minimum Gasteiger partial charge on any atom is -0.324 e. The highest BCUT2D eigenvalue weighted by atomic mass is 15.4. The van der Waals surface area contributed by atoms with E-state index >= 15 is 0 Å². The Hall–Kier alpha value is -2.27. The van der Waals surface area contributed by atoms with Gasteiger partial charge in [0.25, 0.3) is 0 Å². The van der Waals surface area contributed by atoms with Crippen LogP contribution >= 0.6 is 0 Å². The van der Waals surface area contributed by atoms with E-state index in [4.69, 9.17) is 5.73 Å². The maximum atomic E-state index is 5.67. The molecule has 1 aromatic carbocycles. The van der Waals surface area contributed by atoms with Gasteiger partial charge in [0.05, 0.1) is 17.7 Å². The molecule has 0 fully saturated rings. The van der Waals surface area contributed by atoms with Gasteiger partial charge in [0, 0.05) is 11.6 Å². The minimum absolute atomic E-state index is 0.362. The summed E-state index contributed by atoms with van der Waals surface area (Å²) in [6.07, 6.45) is 1.78. The number of aromatic nitrogens is 4. The van der Waals surface area contributed by atoms with Gasteiger partial charge < -0.3 is 5.73 Å². The summed E-state index contributed by atoms with van der Waals surface area (Å²) in [5.41, 5.74) is 7.54. The topological polar surface area (TPSA) is 69.6 Å². The largest absolute Gasteiger partial charge is 0.324 e. The van der Waals surface area contributed by atoms with Crippen LogP contribution in [0.5, 0.6) is 0 Å². The van der Waals surface area contributed by atoms with E-state index < -0.39 is 0 Å². The summed E-state index contributed by atoms with van der Waals surface area (Å²) in [4.78, 5) is 8.63. The maximum Gasteiger partial charge on any atom is 0.148 e. The first-order valence-electron chi connectivity index (χ1n) is 5.76. The normalized spacial score (nSPS) is 11.0. The standard InChI is InChI=1S/C13H13N5/c1-9-16-13(8-14)18(17-9)11-5-4-10-3-2-6-15-12(10)7-11/h2-7H,8,14H2,1H3. The second-order valence-electron chi connectivity index (χ2n) is 4.07. The van der Waals surface area contributed by atoms with Crippen LogP contribution < -0.4 is 5.73 Å². The number of nitrogens with two attached hydrogens (primary N) is 1. The number of benzene rings is 1. The van der Waals surface area contributed by atoms with Crippen molar-refractivity contribution in [3.05, 3.63) is 48.2 Å². The Balaban J connectivity index is 2.18. The van der Waals surface area contributed by atoms with Crippen molar-refractivity contribution in [3.8, 4) is 5.69 Å². The molecule has 18 heavy (non-hydrogen) atoms. The molecule has 0 spiro atoms. The minimum atomic E-state index is 0.362. The van der Waals surface area contributed by atoms with Gasteiger partial charge in [-0.3, -0.25) is 4.98 Å². The SMILES string of the molecule is Cc1nc(CN)n(-c2ccc3cccnc3c2)n1. The molecule has 0 atom stereocenters.